The molecular formula is C12H13Cl2N5O. The van der Waals surface area contributed by atoms with Gasteiger partial charge in [0.15, 0.2) is 11.0 Å². The smallest absolute Gasteiger partial charge is 0.238 e. The van der Waals surface area contributed by atoms with Crippen molar-refractivity contribution in [3.05, 3.63) is 28.4 Å². The average Bonchev–Trinajstić information content (AvgIpc) is 2.89. The van der Waals surface area contributed by atoms with Gasteiger partial charge in [0, 0.05) is 25.5 Å². The van der Waals surface area contributed by atoms with Crippen molar-refractivity contribution in [2.75, 3.05) is 31.2 Å². The predicted octanol–water partition coefficient (Wildman–Crippen LogP) is 2.11. The van der Waals surface area contributed by atoms with Gasteiger partial charge in [-0.15, -0.1) is 0 Å². The van der Waals surface area contributed by atoms with Gasteiger partial charge in [-0.3, -0.25) is 4.57 Å². The lowest BCUT2D eigenvalue weighted by atomic mass is 10.4. The van der Waals surface area contributed by atoms with Crippen molar-refractivity contribution in [2.24, 2.45) is 0 Å². The molecule has 3 rings (SSSR count). The molecule has 0 aromatic carbocycles. The summed E-state index contributed by atoms with van der Waals surface area (Å²) in [4.78, 5) is 15.0. The molecular weight excluding hydrogens is 301 g/mol. The van der Waals surface area contributed by atoms with E-state index in [4.69, 9.17) is 27.9 Å². The number of nitrogens with zero attached hydrogens (tertiary/aromatic N) is 5. The zero-order valence-corrected chi connectivity index (χ0v) is 12.4. The minimum atomic E-state index is 0.242. The third kappa shape index (κ3) is 2.46. The molecule has 2 aromatic heterocycles. The standard InChI is InChI=1S/C12H13Cl2N5O/c1-8-15-2-3-19(8)12-16-10(14)9(13)11(17-12)18-4-6-20-7-5-18/h2-3H,4-7H2,1H3. The van der Waals surface area contributed by atoms with Gasteiger partial charge in [0.05, 0.1) is 13.2 Å². The number of hydrogen-bond acceptors (Lipinski definition) is 5. The van der Waals surface area contributed by atoms with E-state index in [2.05, 4.69) is 19.9 Å². The highest BCUT2D eigenvalue weighted by Crippen LogP contribution is 2.31. The van der Waals surface area contributed by atoms with Crippen molar-refractivity contribution in [2.45, 2.75) is 6.92 Å². The van der Waals surface area contributed by atoms with Crippen LogP contribution in [0, 0.1) is 6.92 Å². The molecule has 0 saturated carbocycles. The number of anilines is 1. The average molecular weight is 314 g/mol. The van der Waals surface area contributed by atoms with Gasteiger partial charge in [0.25, 0.3) is 0 Å². The molecule has 1 aliphatic heterocycles. The van der Waals surface area contributed by atoms with Crippen LogP contribution in [0.4, 0.5) is 5.82 Å². The normalized spacial score (nSPS) is 15.7. The number of aromatic nitrogens is 4. The van der Waals surface area contributed by atoms with Crippen LogP contribution >= 0.6 is 23.2 Å². The van der Waals surface area contributed by atoms with E-state index in [9.17, 15) is 0 Å². The molecule has 1 saturated heterocycles. The molecule has 0 amide bonds. The molecule has 0 aliphatic carbocycles. The lowest BCUT2D eigenvalue weighted by Gasteiger charge is -2.28. The van der Waals surface area contributed by atoms with E-state index in [1.54, 1.807) is 17.0 Å². The Morgan fingerprint density at radius 3 is 2.60 bits per heavy atom. The van der Waals surface area contributed by atoms with Crippen molar-refractivity contribution in [3.8, 4) is 5.95 Å². The quantitative estimate of drug-likeness (QED) is 0.795. The Balaban J connectivity index is 2.05. The van der Waals surface area contributed by atoms with Gasteiger partial charge in [-0.2, -0.15) is 9.97 Å². The maximum Gasteiger partial charge on any atom is 0.238 e. The second-order valence-corrected chi connectivity index (χ2v) is 5.13. The van der Waals surface area contributed by atoms with E-state index in [1.165, 1.54) is 0 Å². The van der Waals surface area contributed by atoms with Gasteiger partial charge in [0.2, 0.25) is 5.95 Å². The molecule has 6 nitrogen and oxygen atoms in total. The first-order chi connectivity index (χ1) is 9.66. The van der Waals surface area contributed by atoms with Crippen LogP contribution in [0.15, 0.2) is 12.4 Å². The first-order valence-corrected chi connectivity index (χ1v) is 6.98. The van der Waals surface area contributed by atoms with Crippen LogP contribution in [-0.4, -0.2) is 45.8 Å². The highest BCUT2D eigenvalue weighted by Gasteiger charge is 2.20. The van der Waals surface area contributed by atoms with Gasteiger partial charge in [-0.1, -0.05) is 23.2 Å². The summed E-state index contributed by atoms with van der Waals surface area (Å²) in [5.41, 5.74) is 0. The molecule has 1 aliphatic rings. The Morgan fingerprint density at radius 2 is 1.95 bits per heavy atom. The molecule has 8 heteroatoms. The largest absolute Gasteiger partial charge is 0.378 e. The summed E-state index contributed by atoms with van der Waals surface area (Å²) in [6.45, 7) is 4.64. The fourth-order valence-electron chi connectivity index (χ4n) is 2.08. The lowest BCUT2D eigenvalue weighted by Crippen LogP contribution is -2.37. The maximum atomic E-state index is 6.24. The molecule has 0 bridgehead atoms. The summed E-state index contributed by atoms with van der Waals surface area (Å²) >= 11 is 12.4. The Morgan fingerprint density at radius 1 is 1.20 bits per heavy atom. The zero-order valence-electron chi connectivity index (χ0n) is 10.9. The van der Waals surface area contributed by atoms with Crippen LogP contribution in [0.25, 0.3) is 5.95 Å². The predicted molar refractivity (Wildman–Crippen MR) is 76.9 cm³/mol. The minimum absolute atomic E-state index is 0.242. The van der Waals surface area contributed by atoms with Gasteiger partial charge in [-0.25, -0.2) is 4.98 Å². The van der Waals surface area contributed by atoms with E-state index in [-0.39, 0.29) is 5.15 Å². The minimum Gasteiger partial charge on any atom is -0.378 e. The molecule has 0 radical (unpaired) electrons. The van der Waals surface area contributed by atoms with Crippen LogP contribution in [-0.2, 0) is 4.74 Å². The molecule has 2 aromatic rings. The number of rotatable bonds is 2. The molecule has 0 unspecified atom stereocenters. The third-order valence-corrected chi connectivity index (χ3v) is 3.85. The topological polar surface area (TPSA) is 56.1 Å². The fraction of sp³-hybridized carbons (Fsp3) is 0.417. The summed E-state index contributed by atoms with van der Waals surface area (Å²) in [6, 6.07) is 0. The van der Waals surface area contributed by atoms with Crippen molar-refractivity contribution in [1.29, 1.82) is 0 Å². The van der Waals surface area contributed by atoms with Crippen molar-refractivity contribution < 1.29 is 4.74 Å². The summed E-state index contributed by atoms with van der Waals surface area (Å²) in [5.74, 6) is 1.89. The summed E-state index contributed by atoms with van der Waals surface area (Å²) in [7, 11) is 0. The number of aryl methyl sites for hydroxylation is 1. The highest BCUT2D eigenvalue weighted by atomic mass is 35.5. The summed E-state index contributed by atoms with van der Waals surface area (Å²) in [6.07, 6.45) is 3.48. The first kappa shape index (κ1) is 13.6. The Bertz CT molecular complexity index is 624. The number of hydrogen-bond donors (Lipinski definition) is 0. The van der Waals surface area contributed by atoms with Crippen molar-refractivity contribution in [3.63, 3.8) is 0 Å². The molecule has 0 N–H and O–H groups in total. The number of imidazole rings is 1. The molecule has 106 valence electrons. The van der Waals surface area contributed by atoms with Gasteiger partial charge < -0.3 is 9.64 Å². The van der Waals surface area contributed by atoms with E-state index >= 15 is 0 Å². The van der Waals surface area contributed by atoms with E-state index in [0.717, 1.165) is 18.9 Å². The third-order valence-electron chi connectivity index (χ3n) is 3.13. The van der Waals surface area contributed by atoms with Gasteiger partial charge >= 0.3 is 0 Å². The maximum absolute atomic E-state index is 6.24. The second-order valence-electron chi connectivity index (χ2n) is 4.40. The number of morpholine rings is 1. The fourth-order valence-corrected chi connectivity index (χ4v) is 2.44. The molecule has 1 fully saturated rings. The Kier molecular flexibility index (Phi) is 3.78. The highest BCUT2D eigenvalue weighted by molar-refractivity contribution is 6.42. The first-order valence-electron chi connectivity index (χ1n) is 6.23. The van der Waals surface area contributed by atoms with Crippen LogP contribution in [0.1, 0.15) is 5.82 Å². The van der Waals surface area contributed by atoms with Crippen LogP contribution < -0.4 is 4.90 Å². The lowest BCUT2D eigenvalue weighted by molar-refractivity contribution is 0.122. The summed E-state index contributed by atoms with van der Waals surface area (Å²) < 4.78 is 7.11. The van der Waals surface area contributed by atoms with E-state index < -0.39 is 0 Å². The van der Waals surface area contributed by atoms with Gasteiger partial charge in [0.1, 0.15) is 10.8 Å². The van der Waals surface area contributed by atoms with E-state index in [0.29, 0.717) is 30.0 Å². The van der Waals surface area contributed by atoms with Gasteiger partial charge in [-0.05, 0) is 6.92 Å². The molecule has 0 atom stereocenters. The SMILES string of the molecule is Cc1nccn1-c1nc(Cl)c(Cl)c(N2CCOCC2)n1. The number of ether oxygens (including phenoxy) is 1. The zero-order chi connectivity index (χ0) is 14.1. The van der Waals surface area contributed by atoms with Crippen molar-refractivity contribution >= 4 is 29.0 Å². The molecule has 20 heavy (non-hydrogen) atoms. The van der Waals surface area contributed by atoms with Crippen LogP contribution in [0.5, 0.6) is 0 Å². The number of halogens is 2. The van der Waals surface area contributed by atoms with Crippen molar-refractivity contribution in [1.82, 2.24) is 19.5 Å². The van der Waals surface area contributed by atoms with E-state index in [1.807, 2.05) is 6.92 Å². The molecule has 0 spiro atoms. The van der Waals surface area contributed by atoms with Crippen LogP contribution in [0.2, 0.25) is 10.2 Å². The molecule has 3 heterocycles. The Hall–Kier alpha value is -1.37. The monoisotopic (exact) mass is 313 g/mol. The van der Waals surface area contributed by atoms with Crippen LogP contribution in [0.3, 0.4) is 0 Å². The second kappa shape index (κ2) is 5.55. The Labute approximate surface area is 126 Å². The summed E-state index contributed by atoms with van der Waals surface area (Å²) in [5, 5.41) is 0.612.